The van der Waals surface area contributed by atoms with Crippen LogP contribution in [0.3, 0.4) is 0 Å². The van der Waals surface area contributed by atoms with Gasteiger partial charge in [0.2, 0.25) is 5.96 Å². The summed E-state index contributed by atoms with van der Waals surface area (Å²) in [5.41, 5.74) is 6.91. The molecule has 8 nitrogen and oxygen atoms in total. The molecule has 1 saturated carbocycles. The fraction of sp³-hybridized carbons (Fsp3) is 0.471. The van der Waals surface area contributed by atoms with Crippen molar-refractivity contribution in [2.45, 2.75) is 51.0 Å². The lowest BCUT2D eigenvalue weighted by atomic mass is 9.97. The summed E-state index contributed by atoms with van der Waals surface area (Å²) >= 11 is 0. The highest BCUT2D eigenvalue weighted by Gasteiger charge is 2.16. The summed E-state index contributed by atoms with van der Waals surface area (Å²) in [5.74, 6) is 0.603. The minimum Gasteiger partial charge on any atom is -0.365 e. The second-order valence-electron chi connectivity index (χ2n) is 6.22. The second-order valence-corrected chi connectivity index (χ2v) is 6.22. The highest BCUT2D eigenvalue weighted by Crippen LogP contribution is 2.18. The number of nitrogens with two attached hydrogens (primary N) is 1. The number of nitrogen functional groups attached to an aromatic ring is 1. The third-order valence-electron chi connectivity index (χ3n) is 4.29. The average Bonchev–Trinajstić information content (AvgIpc) is 3.03. The molecule has 25 heavy (non-hydrogen) atoms. The molecule has 1 aliphatic carbocycles. The lowest BCUT2D eigenvalue weighted by Crippen LogP contribution is -2.40. The first-order valence-electron chi connectivity index (χ1n) is 8.66. The largest absolute Gasteiger partial charge is 0.365 e. The maximum atomic E-state index is 8.91. The van der Waals surface area contributed by atoms with E-state index in [1.54, 1.807) is 24.3 Å². The van der Waals surface area contributed by atoms with E-state index in [1.807, 2.05) is 0 Å². The van der Waals surface area contributed by atoms with Crippen LogP contribution in [0, 0.1) is 11.3 Å². The number of rotatable bonds is 2. The van der Waals surface area contributed by atoms with Crippen molar-refractivity contribution in [3.8, 4) is 6.07 Å². The molecule has 2 aromatic rings. The van der Waals surface area contributed by atoms with Crippen LogP contribution in [0.25, 0.3) is 0 Å². The number of tetrazole rings is 1. The first kappa shape index (κ1) is 16.9. The van der Waals surface area contributed by atoms with Gasteiger partial charge in [-0.2, -0.15) is 5.26 Å². The lowest BCUT2D eigenvalue weighted by Gasteiger charge is -2.22. The first-order valence-corrected chi connectivity index (χ1v) is 8.66. The van der Waals surface area contributed by atoms with Crippen molar-refractivity contribution < 1.29 is 0 Å². The van der Waals surface area contributed by atoms with Gasteiger partial charge in [-0.15, -0.1) is 5.10 Å². The molecule has 0 unspecified atom stereocenters. The van der Waals surface area contributed by atoms with Crippen LogP contribution >= 0.6 is 0 Å². The second kappa shape index (κ2) is 8.24. The minimum atomic E-state index is 0.104. The first-order chi connectivity index (χ1) is 12.2. The molecule has 0 bridgehead atoms. The third-order valence-corrected chi connectivity index (χ3v) is 4.29. The van der Waals surface area contributed by atoms with Gasteiger partial charge in [0, 0.05) is 6.04 Å². The molecular weight excluding hydrogens is 316 g/mol. The van der Waals surface area contributed by atoms with E-state index in [-0.39, 0.29) is 5.95 Å². The number of hydrogen-bond donors (Lipinski definition) is 2. The van der Waals surface area contributed by atoms with Gasteiger partial charge in [0.25, 0.3) is 5.95 Å². The number of benzene rings is 1. The molecule has 1 heterocycles. The summed E-state index contributed by atoms with van der Waals surface area (Å²) in [6.45, 7) is 0. The summed E-state index contributed by atoms with van der Waals surface area (Å²) in [5, 5.41) is 24.1. The van der Waals surface area contributed by atoms with Gasteiger partial charge in [0.05, 0.1) is 17.3 Å². The Bertz CT molecular complexity index is 748. The number of aliphatic imine (C=N–C) groups is 1. The molecule has 8 heteroatoms. The fourth-order valence-corrected chi connectivity index (χ4v) is 2.97. The normalized spacial score (nSPS) is 16.7. The van der Waals surface area contributed by atoms with E-state index in [0.717, 1.165) is 12.8 Å². The Hall–Kier alpha value is -2.95. The molecule has 0 saturated heterocycles. The van der Waals surface area contributed by atoms with Gasteiger partial charge >= 0.3 is 0 Å². The maximum Gasteiger partial charge on any atom is 0.261 e. The topological polar surface area (TPSA) is 118 Å². The van der Waals surface area contributed by atoms with E-state index in [4.69, 9.17) is 11.0 Å². The van der Waals surface area contributed by atoms with Crippen molar-refractivity contribution in [3.63, 3.8) is 0 Å². The van der Waals surface area contributed by atoms with Crippen LogP contribution in [0.2, 0.25) is 0 Å². The molecule has 1 aromatic heterocycles. The Kier molecular flexibility index (Phi) is 5.57. The van der Waals surface area contributed by atoms with Crippen LogP contribution in [0.15, 0.2) is 29.3 Å². The van der Waals surface area contributed by atoms with E-state index < -0.39 is 0 Å². The van der Waals surface area contributed by atoms with Gasteiger partial charge < -0.3 is 11.1 Å². The van der Waals surface area contributed by atoms with Crippen LogP contribution in [-0.2, 0) is 0 Å². The summed E-state index contributed by atoms with van der Waals surface area (Å²) in [6.07, 6.45) is 8.46. The average molecular weight is 338 g/mol. The summed E-state index contributed by atoms with van der Waals surface area (Å²) in [7, 11) is 0. The fourth-order valence-electron chi connectivity index (χ4n) is 2.97. The molecule has 1 aliphatic rings. The number of hydrogen-bond acceptors (Lipinski definition) is 6. The molecule has 3 rings (SSSR count). The molecule has 130 valence electrons. The molecule has 0 amide bonds. The van der Waals surface area contributed by atoms with Gasteiger partial charge in [-0.1, -0.05) is 42.0 Å². The van der Waals surface area contributed by atoms with Gasteiger partial charge in [0.1, 0.15) is 0 Å². The van der Waals surface area contributed by atoms with Gasteiger partial charge in [0.15, 0.2) is 0 Å². The van der Waals surface area contributed by atoms with Crippen molar-refractivity contribution in [1.82, 2.24) is 25.5 Å². The number of anilines is 1. The van der Waals surface area contributed by atoms with Crippen LogP contribution in [-0.4, -0.2) is 32.2 Å². The minimum absolute atomic E-state index is 0.104. The molecular formula is C17H22N8. The maximum absolute atomic E-state index is 8.91. The molecule has 0 atom stereocenters. The highest BCUT2D eigenvalue weighted by atomic mass is 15.6. The molecule has 0 aliphatic heterocycles. The summed E-state index contributed by atoms with van der Waals surface area (Å²) in [4.78, 5) is 5.93. The zero-order chi connectivity index (χ0) is 17.5. The van der Waals surface area contributed by atoms with Crippen molar-refractivity contribution in [2.24, 2.45) is 4.99 Å². The van der Waals surface area contributed by atoms with Crippen molar-refractivity contribution in [2.75, 3.05) is 5.73 Å². The number of nitrogens with one attached hydrogen (secondary N) is 1. The number of nitrogens with zero attached hydrogens (tertiary/aromatic N) is 6. The predicted octanol–water partition coefficient (Wildman–Crippen LogP) is 2.37. The lowest BCUT2D eigenvalue weighted by molar-refractivity contribution is 0.423. The van der Waals surface area contributed by atoms with Crippen molar-refractivity contribution >= 4 is 17.6 Å². The van der Waals surface area contributed by atoms with Gasteiger partial charge in [-0.05, 0) is 42.3 Å². The van der Waals surface area contributed by atoms with E-state index >= 15 is 0 Å². The zero-order valence-electron chi connectivity index (χ0n) is 14.1. The van der Waals surface area contributed by atoms with Crippen LogP contribution in [0.4, 0.5) is 11.6 Å². The standard InChI is InChI=1S/C17H22N8/c18-12-13-8-10-15(11-9-13)21-17(25-23-16(19)22-24-25)20-14-6-4-2-1-3-5-7-14/h8-11,14H,1-7H2,(H2,19,23)(H,20,21). The SMILES string of the molecule is N#Cc1ccc(N=C(NC2CCCCCCC2)n2nnc(N)n2)cc1. The van der Waals surface area contributed by atoms with Crippen LogP contribution in [0.1, 0.15) is 50.5 Å². The summed E-state index contributed by atoms with van der Waals surface area (Å²) < 4.78 is 0. The molecule has 1 fully saturated rings. The smallest absolute Gasteiger partial charge is 0.261 e. The number of aromatic nitrogens is 4. The van der Waals surface area contributed by atoms with E-state index in [1.165, 1.54) is 36.9 Å². The Morgan fingerprint density at radius 3 is 2.44 bits per heavy atom. The molecule has 3 N–H and O–H groups in total. The van der Waals surface area contributed by atoms with E-state index in [0.29, 0.717) is 23.3 Å². The molecule has 0 spiro atoms. The van der Waals surface area contributed by atoms with Crippen molar-refractivity contribution in [1.29, 1.82) is 5.26 Å². The van der Waals surface area contributed by atoms with E-state index in [9.17, 15) is 0 Å². The molecule has 0 radical (unpaired) electrons. The summed E-state index contributed by atoms with van der Waals surface area (Å²) in [6, 6.07) is 9.47. The Morgan fingerprint density at radius 1 is 1.16 bits per heavy atom. The van der Waals surface area contributed by atoms with Crippen molar-refractivity contribution in [3.05, 3.63) is 29.8 Å². The van der Waals surface area contributed by atoms with E-state index in [2.05, 4.69) is 31.8 Å². The Labute approximate surface area is 146 Å². The van der Waals surface area contributed by atoms with Crippen LogP contribution in [0.5, 0.6) is 0 Å². The molecule has 1 aromatic carbocycles. The number of nitriles is 1. The van der Waals surface area contributed by atoms with Gasteiger partial charge in [-0.3, -0.25) is 0 Å². The Morgan fingerprint density at radius 2 is 1.84 bits per heavy atom. The zero-order valence-corrected chi connectivity index (χ0v) is 14.1. The van der Waals surface area contributed by atoms with Crippen LogP contribution < -0.4 is 11.1 Å². The third kappa shape index (κ3) is 4.76. The predicted molar refractivity (Wildman–Crippen MR) is 95.1 cm³/mol. The highest BCUT2D eigenvalue weighted by molar-refractivity contribution is 5.83. The monoisotopic (exact) mass is 338 g/mol. The Balaban J connectivity index is 1.83. The quantitative estimate of drug-likeness (QED) is 0.641. The van der Waals surface area contributed by atoms with Gasteiger partial charge in [-0.25, -0.2) is 4.99 Å².